The summed E-state index contributed by atoms with van der Waals surface area (Å²) < 4.78 is 0. The van der Waals surface area contributed by atoms with Gasteiger partial charge in [0, 0.05) is 12.1 Å². The molecule has 0 aliphatic rings. The number of unbranched alkanes of at least 4 members (excludes halogenated alkanes) is 2. The van der Waals surface area contributed by atoms with Gasteiger partial charge < -0.3 is 5.32 Å². The van der Waals surface area contributed by atoms with E-state index < -0.39 is 0 Å². The summed E-state index contributed by atoms with van der Waals surface area (Å²) >= 11 is 5.20. The first kappa shape index (κ1) is 19.4. The highest BCUT2D eigenvalue weighted by Crippen LogP contribution is 2.10. The Labute approximate surface area is 145 Å². The van der Waals surface area contributed by atoms with Gasteiger partial charge in [-0.3, -0.25) is 15.6 Å². The van der Waals surface area contributed by atoms with E-state index in [4.69, 9.17) is 12.2 Å². The van der Waals surface area contributed by atoms with Crippen LogP contribution in [0.4, 0.5) is 0 Å². The lowest BCUT2D eigenvalue weighted by molar-refractivity contribution is 0.0943. The summed E-state index contributed by atoms with van der Waals surface area (Å²) in [6, 6.07) is 5.81. The Kier molecular flexibility index (Phi) is 8.62. The Morgan fingerprint density at radius 1 is 1.22 bits per heavy atom. The normalized spacial score (nSPS) is 11.7. The highest BCUT2D eigenvalue weighted by Gasteiger charge is 2.09. The van der Waals surface area contributed by atoms with Gasteiger partial charge in [-0.1, -0.05) is 50.8 Å². The minimum absolute atomic E-state index is 0.175. The summed E-state index contributed by atoms with van der Waals surface area (Å²) in [6.45, 7) is 9.12. The highest BCUT2D eigenvalue weighted by molar-refractivity contribution is 7.80. The molecule has 23 heavy (non-hydrogen) atoms. The monoisotopic (exact) mass is 335 g/mol. The molecule has 1 aromatic carbocycles. The SMILES string of the molecule is CCCCC[C@@H](C)CNC(=S)NNC(=O)c1cc(C)ccc1C. The van der Waals surface area contributed by atoms with Gasteiger partial charge in [0.2, 0.25) is 0 Å². The van der Waals surface area contributed by atoms with Crippen LogP contribution in [0, 0.1) is 19.8 Å². The molecule has 3 N–H and O–H groups in total. The molecule has 0 aliphatic heterocycles. The van der Waals surface area contributed by atoms with E-state index >= 15 is 0 Å². The molecule has 5 heteroatoms. The number of amides is 1. The quantitative estimate of drug-likeness (QED) is 0.405. The van der Waals surface area contributed by atoms with Gasteiger partial charge in [0.1, 0.15) is 0 Å². The minimum Gasteiger partial charge on any atom is -0.361 e. The van der Waals surface area contributed by atoms with E-state index in [0.29, 0.717) is 16.6 Å². The van der Waals surface area contributed by atoms with Crippen molar-refractivity contribution in [2.24, 2.45) is 5.92 Å². The van der Waals surface area contributed by atoms with E-state index in [1.807, 2.05) is 32.0 Å². The minimum atomic E-state index is -0.175. The topological polar surface area (TPSA) is 53.2 Å². The molecule has 1 amide bonds. The molecule has 0 bridgehead atoms. The van der Waals surface area contributed by atoms with Crippen molar-refractivity contribution >= 4 is 23.2 Å². The molecule has 0 unspecified atom stereocenters. The van der Waals surface area contributed by atoms with Crippen molar-refractivity contribution in [3.63, 3.8) is 0 Å². The standard InChI is InChI=1S/C18H29N3OS/c1-5-6-7-8-14(3)12-19-18(23)21-20-17(22)16-11-13(2)9-10-15(16)4/h9-11,14H,5-8,12H2,1-4H3,(H,20,22)(H2,19,21,23)/t14-/m1/s1. The molecule has 0 saturated carbocycles. The van der Waals surface area contributed by atoms with E-state index in [1.54, 1.807) is 0 Å². The highest BCUT2D eigenvalue weighted by atomic mass is 32.1. The Balaban J connectivity index is 2.32. The van der Waals surface area contributed by atoms with Crippen molar-refractivity contribution in [2.75, 3.05) is 6.54 Å². The van der Waals surface area contributed by atoms with Crippen molar-refractivity contribution in [1.82, 2.24) is 16.2 Å². The van der Waals surface area contributed by atoms with Crippen molar-refractivity contribution in [1.29, 1.82) is 0 Å². The number of hydrazine groups is 1. The third-order valence-electron chi connectivity index (χ3n) is 3.84. The smallest absolute Gasteiger partial charge is 0.269 e. The second-order valence-corrected chi connectivity index (χ2v) is 6.62. The van der Waals surface area contributed by atoms with E-state index in [1.165, 1.54) is 25.7 Å². The number of hydrogen-bond acceptors (Lipinski definition) is 2. The maximum Gasteiger partial charge on any atom is 0.269 e. The number of carbonyl (C=O) groups is 1. The van der Waals surface area contributed by atoms with Gasteiger partial charge in [0.05, 0.1) is 0 Å². The summed E-state index contributed by atoms with van der Waals surface area (Å²) in [5.74, 6) is 0.391. The zero-order valence-corrected chi connectivity index (χ0v) is 15.5. The van der Waals surface area contributed by atoms with Crippen LogP contribution in [0.2, 0.25) is 0 Å². The summed E-state index contributed by atoms with van der Waals surface area (Å²) in [5.41, 5.74) is 8.08. The molecule has 0 radical (unpaired) electrons. The maximum atomic E-state index is 12.2. The molecule has 0 aliphatic carbocycles. The van der Waals surface area contributed by atoms with Crippen LogP contribution in [0.1, 0.15) is 61.0 Å². The zero-order chi connectivity index (χ0) is 17.2. The van der Waals surface area contributed by atoms with Crippen molar-refractivity contribution in [2.45, 2.75) is 53.4 Å². The number of benzene rings is 1. The maximum absolute atomic E-state index is 12.2. The molecule has 128 valence electrons. The third kappa shape index (κ3) is 7.46. The van der Waals surface area contributed by atoms with Gasteiger partial charge in [-0.2, -0.15) is 0 Å². The number of nitrogens with one attached hydrogen (secondary N) is 3. The Morgan fingerprint density at radius 3 is 2.65 bits per heavy atom. The molecule has 4 nitrogen and oxygen atoms in total. The van der Waals surface area contributed by atoms with Crippen molar-refractivity contribution in [3.8, 4) is 0 Å². The average molecular weight is 336 g/mol. The number of thiocarbonyl (C=S) groups is 1. The van der Waals surface area contributed by atoms with Gasteiger partial charge in [-0.05, 0) is 50.0 Å². The van der Waals surface area contributed by atoms with Gasteiger partial charge in [-0.15, -0.1) is 0 Å². The third-order valence-corrected chi connectivity index (χ3v) is 4.09. The van der Waals surface area contributed by atoms with E-state index in [-0.39, 0.29) is 5.91 Å². The molecule has 0 spiro atoms. The summed E-state index contributed by atoms with van der Waals surface area (Å²) in [5, 5.41) is 3.60. The second-order valence-electron chi connectivity index (χ2n) is 6.21. The molecule has 1 rings (SSSR count). The predicted molar refractivity (Wildman–Crippen MR) is 100 cm³/mol. The number of rotatable bonds is 7. The fraction of sp³-hybridized carbons (Fsp3) is 0.556. The fourth-order valence-corrected chi connectivity index (χ4v) is 2.45. The van der Waals surface area contributed by atoms with Gasteiger partial charge in [-0.25, -0.2) is 0 Å². The molecule has 0 saturated heterocycles. The van der Waals surface area contributed by atoms with E-state index in [9.17, 15) is 4.79 Å². The van der Waals surface area contributed by atoms with Crippen LogP contribution < -0.4 is 16.2 Å². The molecule has 0 fully saturated rings. The summed E-state index contributed by atoms with van der Waals surface area (Å²) in [4.78, 5) is 12.2. The van der Waals surface area contributed by atoms with Crippen LogP contribution >= 0.6 is 12.2 Å². The zero-order valence-electron chi connectivity index (χ0n) is 14.7. The molecular formula is C18H29N3OS. The van der Waals surface area contributed by atoms with Crippen LogP contribution in [0.5, 0.6) is 0 Å². The predicted octanol–water partition coefficient (Wildman–Crippen LogP) is 3.63. The van der Waals surface area contributed by atoms with Crippen LogP contribution in [-0.2, 0) is 0 Å². The largest absolute Gasteiger partial charge is 0.361 e. The molecule has 0 heterocycles. The summed E-state index contributed by atoms with van der Waals surface area (Å²) in [6.07, 6.45) is 4.96. The van der Waals surface area contributed by atoms with Crippen molar-refractivity contribution < 1.29 is 4.79 Å². The van der Waals surface area contributed by atoms with Crippen LogP contribution in [0.15, 0.2) is 18.2 Å². The number of aryl methyl sites for hydroxylation is 2. The second kappa shape index (κ2) is 10.2. The van der Waals surface area contributed by atoms with Crippen molar-refractivity contribution in [3.05, 3.63) is 34.9 Å². The van der Waals surface area contributed by atoms with Gasteiger partial charge in [0.15, 0.2) is 5.11 Å². The first-order valence-corrected chi connectivity index (χ1v) is 8.76. The van der Waals surface area contributed by atoms with Gasteiger partial charge in [0.25, 0.3) is 5.91 Å². The number of carbonyl (C=O) groups excluding carboxylic acids is 1. The van der Waals surface area contributed by atoms with Crippen LogP contribution in [0.25, 0.3) is 0 Å². The molecule has 1 aromatic rings. The van der Waals surface area contributed by atoms with Crippen LogP contribution in [0.3, 0.4) is 0 Å². The first-order chi connectivity index (χ1) is 10.9. The van der Waals surface area contributed by atoms with Crippen LogP contribution in [-0.4, -0.2) is 17.6 Å². The lowest BCUT2D eigenvalue weighted by Crippen LogP contribution is -2.47. The van der Waals surface area contributed by atoms with Gasteiger partial charge >= 0.3 is 0 Å². The van der Waals surface area contributed by atoms with E-state index in [0.717, 1.165) is 17.7 Å². The summed E-state index contributed by atoms with van der Waals surface area (Å²) in [7, 11) is 0. The Bertz CT molecular complexity index is 531. The fourth-order valence-electron chi connectivity index (χ4n) is 2.32. The number of hydrogen-bond donors (Lipinski definition) is 3. The van der Waals surface area contributed by atoms with E-state index in [2.05, 4.69) is 30.0 Å². The Hall–Kier alpha value is -1.62. The average Bonchev–Trinajstić information content (AvgIpc) is 2.53. The Morgan fingerprint density at radius 2 is 1.96 bits per heavy atom. The molecule has 0 aromatic heterocycles. The first-order valence-electron chi connectivity index (χ1n) is 8.35. The lowest BCUT2D eigenvalue weighted by Gasteiger charge is -2.16. The lowest BCUT2D eigenvalue weighted by atomic mass is 10.0. The molecular weight excluding hydrogens is 306 g/mol. The molecule has 1 atom stereocenters.